The second-order valence-corrected chi connectivity index (χ2v) is 18.2. The number of fused-ring (bicyclic) bond motifs is 20. The van der Waals surface area contributed by atoms with E-state index in [0.29, 0.717) is 17.5 Å². The fraction of sp³-hybridized carbons (Fsp3) is 0.0156. The van der Waals surface area contributed by atoms with Crippen LogP contribution >= 0.6 is 0 Å². The molecule has 0 bridgehead atoms. The average Bonchev–Trinajstić information content (AvgIpc) is 4.03. The molecule has 4 nitrogen and oxygen atoms in total. The van der Waals surface area contributed by atoms with E-state index in [9.17, 15) is 0 Å². The molecule has 0 N–H and O–H groups in total. The summed E-state index contributed by atoms with van der Waals surface area (Å²) >= 11 is 0. The van der Waals surface area contributed by atoms with E-state index in [1.165, 1.54) is 87.9 Å². The van der Waals surface area contributed by atoms with Crippen molar-refractivity contribution in [1.82, 2.24) is 19.5 Å². The average molecular weight is 863 g/mol. The molecule has 2 aromatic heterocycles. The Kier molecular flexibility index (Phi) is 7.67. The maximum Gasteiger partial charge on any atom is 0.164 e. The van der Waals surface area contributed by atoms with Crippen LogP contribution in [-0.4, -0.2) is 19.5 Å². The molecule has 1 spiro atoms. The number of nitrogens with zero attached hydrogens (tertiary/aromatic N) is 4. The minimum absolute atomic E-state index is 0.548. The summed E-state index contributed by atoms with van der Waals surface area (Å²) in [5, 5.41) is 9.70. The molecule has 314 valence electrons. The van der Waals surface area contributed by atoms with Crippen molar-refractivity contribution in [1.29, 1.82) is 0 Å². The minimum Gasteiger partial charge on any atom is -0.309 e. The lowest BCUT2D eigenvalue weighted by Crippen LogP contribution is -2.26. The first-order valence-electron chi connectivity index (χ1n) is 23.4. The zero-order chi connectivity index (χ0) is 44.5. The fourth-order valence-electron chi connectivity index (χ4n) is 12.0. The van der Waals surface area contributed by atoms with Gasteiger partial charge in [-0.05, 0) is 95.5 Å². The summed E-state index contributed by atoms with van der Waals surface area (Å²) in [6, 6.07) is 84.1. The highest BCUT2D eigenvalue weighted by atomic mass is 15.0. The van der Waals surface area contributed by atoms with Crippen molar-refractivity contribution in [3.8, 4) is 62.1 Å². The van der Waals surface area contributed by atoms with Crippen LogP contribution in [0.5, 0.6) is 0 Å². The second kappa shape index (κ2) is 14.0. The first kappa shape index (κ1) is 37.3. The summed E-state index contributed by atoms with van der Waals surface area (Å²) in [5.74, 6) is 1.93. The lowest BCUT2D eigenvalue weighted by molar-refractivity contribution is 0.797. The molecule has 13 aromatic rings. The Morgan fingerprint density at radius 3 is 1.46 bits per heavy atom. The van der Waals surface area contributed by atoms with Crippen LogP contribution in [0.15, 0.2) is 231 Å². The summed E-state index contributed by atoms with van der Waals surface area (Å²) in [6.45, 7) is 0. The third kappa shape index (κ3) is 5.01. The molecule has 0 saturated heterocycles. The van der Waals surface area contributed by atoms with Crippen molar-refractivity contribution in [3.05, 3.63) is 253 Å². The normalized spacial score (nSPS) is 13.1. The summed E-state index contributed by atoms with van der Waals surface area (Å²) < 4.78 is 2.58. The van der Waals surface area contributed by atoms with Crippen LogP contribution in [0.3, 0.4) is 0 Å². The van der Waals surface area contributed by atoms with Gasteiger partial charge in [0.1, 0.15) is 0 Å². The molecule has 11 aromatic carbocycles. The van der Waals surface area contributed by atoms with E-state index >= 15 is 0 Å². The Bertz CT molecular complexity index is 4160. The van der Waals surface area contributed by atoms with E-state index in [4.69, 9.17) is 15.0 Å². The van der Waals surface area contributed by atoms with Crippen LogP contribution in [0.4, 0.5) is 0 Å². The first-order valence-corrected chi connectivity index (χ1v) is 23.4. The van der Waals surface area contributed by atoms with E-state index in [2.05, 4.69) is 199 Å². The summed E-state index contributed by atoms with van der Waals surface area (Å²) in [5.41, 5.74) is 16.4. The number of hydrogen-bond donors (Lipinski definition) is 0. The molecule has 0 atom stereocenters. The van der Waals surface area contributed by atoms with Gasteiger partial charge >= 0.3 is 0 Å². The van der Waals surface area contributed by atoms with Crippen molar-refractivity contribution >= 4 is 54.1 Å². The van der Waals surface area contributed by atoms with E-state index in [0.717, 1.165) is 33.2 Å². The van der Waals surface area contributed by atoms with E-state index in [1.807, 2.05) is 36.4 Å². The third-order valence-electron chi connectivity index (χ3n) is 14.8. The van der Waals surface area contributed by atoms with Gasteiger partial charge in [-0.25, -0.2) is 15.0 Å². The van der Waals surface area contributed by atoms with Gasteiger partial charge in [0, 0.05) is 38.7 Å². The molecule has 0 unspecified atom stereocenters. The number of benzene rings is 11. The Labute approximate surface area is 392 Å². The lowest BCUT2D eigenvalue weighted by Gasteiger charge is -2.31. The van der Waals surface area contributed by atoms with Crippen LogP contribution in [0.25, 0.3) is 116 Å². The molecule has 68 heavy (non-hydrogen) atoms. The maximum atomic E-state index is 5.13. The van der Waals surface area contributed by atoms with Gasteiger partial charge < -0.3 is 4.57 Å². The maximum absolute atomic E-state index is 5.13. The number of para-hydroxylation sites is 1. The van der Waals surface area contributed by atoms with Crippen LogP contribution in [0.2, 0.25) is 0 Å². The van der Waals surface area contributed by atoms with Gasteiger partial charge in [0.2, 0.25) is 0 Å². The topological polar surface area (TPSA) is 43.6 Å². The van der Waals surface area contributed by atoms with Crippen molar-refractivity contribution in [3.63, 3.8) is 0 Å². The highest BCUT2D eigenvalue weighted by Gasteiger charge is 2.53. The zero-order valence-electron chi connectivity index (χ0n) is 36.7. The smallest absolute Gasteiger partial charge is 0.164 e. The highest BCUT2D eigenvalue weighted by molar-refractivity contribution is 6.28. The van der Waals surface area contributed by atoms with Crippen molar-refractivity contribution in [2.24, 2.45) is 0 Å². The molecule has 2 aliphatic rings. The predicted molar refractivity (Wildman–Crippen MR) is 279 cm³/mol. The van der Waals surface area contributed by atoms with Gasteiger partial charge in [-0.3, -0.25) is 0 Å². The molecule has 0 radical (unpaired) electrons. The lowest BCUT2D eigenvalue weighted by atomic mass is 9.70. The largest absolute Gasteiger partial charge is 0.309 e. The number of hydrogen-bond acceptors (Lipinski definition) is 3. The highest BCUT2D eigenvalue weighted by Crippen LogP contribution is 2.66. The van der Waals surface area contributed by atoms with Gasteiger partial charge in [-0.15, -0.1) is 0 Å². The Balaban J connectivity index is 1.04. The Morgan fingerprint density at radius 2 is 0.809 bits per heavy atom. The molecule has 4 heteroatoms. The van der Waals surface area contributed by atoms with Gasteiger partial charge in [-0.1, -0.05) is 206 Å². The van der Waals surface area contributed by atoms with Gasteiger partial charge in [0.25, 0.3) is 0 Å². The minimum atomic E-state index is -0.548. The first-order chi connectivity index (χ1) is 33.7. The van der Waals surface area contributed by atoms with Crippen LogP contribution in [-0.2, 0) is 5.41 Å². The summed E-state index contributed by atoms with van der Waals surface area (Å²) in [7, 11) is 0. The van der Waals surface area contributed by atoms with Gasteiger partial charge in [0.05, 0.1) is 16.4 Å². The molecule has 2 aliphatic carbocycles. The number of rotatable bonds is 4. The monoisotopic (exact) mass is 862 g/mol. The molecule has 2 heterocycles. The van der Waals surface area contributed by atoms with Crippen LogP contribution in [0.1, 0.15) is 22.3 Å². The quantitative estimate of drug-likeness (QED) is 0.166. The van der Waals surface area contributed by atoms with Crippen molar-refractivity contribution in [2.45, 2.75) is 5.41 Å². The van der Waals surface area contributed by atoms with Crippen LogP contribution in [0, 0.1) is 0 Å². The Hall–Kier alpha value is -8.99. The predicted octanol–water partition coefficient (Wildman–Crippen LogP) is 15.8. The SMILES string of the molecule is c1ccc(-c2nc(-c3ccccc3)nc(-c3ccc4ccc5ccc(-n6c7ccccc7c7c8ccccc8c8c(c76)C6(c7ccccc7-c7ccccc76)c6ccccc6-8)cc5c4c3)n2)cc1. The molecule has 0 fully saturated rings. The van der Waals surface area contributed by atoms with E-state index in [-0.39, 0.29) is 0 Å². The van der Waals surface area contributed by atoms with Crippen molar-refractivity contribution in [2.75, 3.05) is 0 Å². The zero-order valence-corrected chi connectivity index (χ0v) is 36.7. The molecule has 0 amide bonds. The molecule has 0 saturated carbocycles. The second-order valence-electron chi connectivity index (χ2n) is 18.2. The summed E-state index contributed by atoms with van der Waals surface area (Å²) in [6.07, 6.45) is 0. The molecule has 15 rings (SSSR count). The number of aromatic nitrogens is 4. The van der Waals surface area contributed by atoms with Crippen molar-refractivity contribution < 1.29 is 0 Å². The third-order valence-corrected chi connectivity index (χ3v) is 14.8. The van der Waals surface area contributed by atoms with Gasteiger partial charge in [-0.2, -0.15) is 0 Å². The van der Waals surface area contributed by atoms with E-state index < -0.39 is 5.41 Å². The van der Waals surface area contributed by atoms with E-state index in [1.54, 1.807) is 0 Å². The van der Waals surface area contributed by atoms with Gasteiger partial charge in [0.15, 0.2) is 17.5 Å². The van der Waals surface area contributed by atoms with Crippen LogP contribution < -0.4 is 0 Å². The molecule has 0 aliphatic heterocycles. The fourth-order valence-corrected chi connectivity index (χ4v) is 12.0. The molecular formula is C64H38N4. The standard InChI is InChI=1S/C64H38N4/c1-3-17-41(18-4-1)61-65-62(42-19-5-2-6-20-42)67-63(66-61)43-34-33-39-31-32-40-35-36-44(38-52(40)51(39)37-43)68-56-30-16-12-26-50(56)58-48-24-8-7-23-47(48)57-49-25-11-15-29-55(49)64(59(57)60(58)68)53-27-13-9-21-45(53)46-22-10-14-28-54(46)64/h1-38H. The Morgan fingerprint density at radius 1 is 0.338 bits per heavy atom. The summed E-state index contributed by atoms with van der Waals surface area (Å²) in [4.78, 5) is 15.2. The molecular weight excluding hydrogens is 825 g/mol.